The van der Waals surface area contributed by atoms with E-state index in [9.17, 15) is 18.5 Å². The molecule has 0 fully saturated rings. The molecule has 112 valence electrons. The van der Waals surface area contributed by atoms with Crippen molar-refractivity contribution in [3.8, 4) is 0 Å². The van der Waals surface area contributed by atoms with Crippen LogP contribution in [0.3, 0.4) is 0 Å². The molecular weight excluding hydrogens is 280 g/mol. The van der Waals surface area contributed by atoms with Gasteiger partial charge < -0.3 is 4.90 Å². The Morgan fingerprint density at radius 2 is 1.85 bits per heavy atom. The normalized spacial score (nSPS) is 12.2. The molecule has 1 aromatic carbocycles. The first-order valence-corrected chi connectivity index (χ1v) is 8.01. The molecule has 1 rings (SSSR count). The maximum atomic E-state index is 11.7. The van der Waals surface area contributed by atoms with Crippen LogP contribution in [-0.2, 0) is 9.84 Å². The number of nitro benzene ring substituents is 1. The third-order valence-electron chi connectivity index (χ3n) is 2.68. The summed E-state index contributed by atoms with van der Waals surface area (Å²) < 4.78 is 23.4. The van der Waals surface area contributed by atoms with E-state index < -0.39 is 14.8 Å². The van der Waals surface area contributed by atoms with Crippen LogP contribution in [0.25, 0.3) is 0 Å². The van der Waals surface area contributed by atoms with E-state index in [2.05, 4.69) is 0 Å². The highest BCUT2D eigenvalue weighted by Crippen LogP contribution is 2.35. The van der Waals surface area contributed by atoms with Crippen molar-refractivity contribution < 1.29 is 13.3 Å². The number of sulfone groups is 1. The van der Waals surface area contributed by atoms with E-state index in [0.717, 1.165) is 6.26 Å². The number of nitrogens with zero attached hydrogens (tertiary/aromatic N) is 2. The molecule has 0 spiro atoms. The highest BCUT2D eigenvalue weighted by atomic mass is 32.2. The summed E-state index contributed by atoms with van der Waals surface area (Å²) in [4.78, 5) is 12.1. The van der Waals surface area contributed by atoms with Gasteiger partial charge in [-0.05, 0) is 17.5 Å². The van der Waals surface area contributed by atoms with Gasteiger partial charge in [0, 0.05) is 19.8 Å². The molecular formula is C13H20N2O4S. The number of nitro groups is 1. The van der Waals surface area contributed by atoms with Crippen LogP contribution in [-0.4, -0.2) is 33.2 Å². The highest BCUT2D eigenvalue weighted by molar-refractivity contribution is 7.90. The molecule has 0 radical (unpaired) electrons. The van der Waals surface area contributed by atoms with Crippen molar-refractivity contribution in [3.05, 3.63) is 28.3 Å². The second kappa shape index (κ2) is 5.40. The summed E-state index contributed by atoms with van der Waals surface area (Å²) in [7, 11) is -1.92. The number of hydrogen-bond donors (Lipinski definition) is 0. The molecule has 0 aromatic heterocycles. The molecule has 0 unspecified atom stereocenters. The fourth-order valence-electron chi connectivity index (χ4n) is 2.10. The van der Waals surface area contributed by atoms with Crippen molar-refractivity contribution in [2.24, 2.45) is 5.41 Å². The fourth-order valence-corrected chi connectivity index (χ4v) is 2.95. The summed E-state index contributed by atoms with van der Waals surface area (Å²) in [6.07, 6.45) is 0.975. The smallest absolute Gasteiger partial charge is 0.311 e. The second-order valence-corrected chi connectivity index (χ2v) is 8.05. The van der Waals surface area contributed by atoms with Crippen LogP contribution >= 0.6 is 0 Å². The topological polar surface area (TPSA) is 80.5 Å². The van der Waals surface area contributed by atoms with Crippen LogP contribution in [0, 0.1) is 15.5 Å². The predicted molar refractivity (Wildman–Crippen MR) is 78.9 cm³/mol. The minimum atomic E-state index is -3.65. The largest absolute Gasteiger partial charge is 0.368 e. The summed E-state index contributed by atoms with van der Waals surface area (Å²) >= 11 is 0. The van der Waals surface area contributed by atoms with Gasteiger partial charge in [0.25, 0.3) is 0 Å². The van der Waals surface area contributed by atoms with Crippen LogP contribution in [0.2, 0.25) is 0 Å². The molecule has 0 heterocycles. The van der Waals surface area contributed by atoms with Crippen LogP contribution in [0.15, 0.2) is 23.1 Å². The van der Waals surface area contributed by atoms with Crippen molar-refractivity contribution in [2.75, 3.05) is 24.7 Å². The lowest BCUT2D eigenvalue weighted by atomic mass is 9.96. The van der Waals surface area contributed by atoms with Gasteiger partial charge in [0.2, 0.25) is 0 Å². The molecule has 0 aliphatic rings. The van der Waals surface area contributed by atoms with E-state index in [1.165, 1.54) is 12.1 Å². The lowest BCUT2D eigenvalue weighted by Gasteiger charge is -2.28. The van der Waals surface area contributed by atoms with Gasteiger partial charge in [-0.1, -0.05) is 26.8 Å². The maximum absolute atomic E-state index is 11.7. The van der Waals surface area contributed by atoms with Crippen LogP contribution in [0.5, 0.6) is 0 Å². The molecule has 0 saturated heterocycles. The summed E-state index contributed by atoms with van der Waals surface area (Å²) in [6.45, 7) is 6.60. The third-order valence-corrected chi connectivity index (χ3v) is 3.81. The minimum Gasteiger partial charge on any atom is -0.368 e. The standard InChI is InChI=1S/C13H20N2O4S/c1-13(2,3)9-14(4)10-7-6-8-11(20(5,18)19)12(10)15(16)17/h6-8H,9H2,1-5H3. The van der Waals surface area contributed by atoms with Gasteiger partial charge in [0.15, 0.2) is 9.84 Å². The highest BCUT2D eigenvalue weighted by Gasteiger charge is 2.28. The first-order valence-electron chi connectivity index (χ1n) is 6.12. The Bertz CT molecular complexity index is 618. The predicted octanol–water partition coefficient (Wildman–Crippen LogP) is 2.48. The molecule has 7 heteroatoms. The zero-order valence-electron chi connectivity index (χ0n) is 12.4. The van der Waals surface area contributed by atoms with Crippen molar-refractivity contribution in [1.29, 1.82) is 0 Å². The molecule has 1 aromatic rings. The summed E-state index contributed by atoms with van der Waals surface area (Å²) in [5, 5.41) is 11.3. The first kappa shape index (κ1) is 16.4. The molecule has 0 aliphatic carbocycles. The van der Waals surface area contributed by atoms with E-state index in [-0.39, 0.29) is 16.0 Å². The van der Waals surface area contributed by atoms with Gasteiger partial charge in [0.05, 0.1) is 4.92 Å². The number of para-hydroxylation sites is 1. The van der Waals surface area contributed by atoms with E-state index >= 15 is 0 Å². The molecule has 0 aliphatic heterocycles. The quantitative estimate of drug-likeness (QED) is 0.630. The number of rotatable bonds is 4. The number of anilines is 1. The van der Waals surface area contributed by atoms with Gasteiger partial charge in [-0.25, -0.2) is 8.42 Å². The van der Waals surface area contributed by atoms with E-state index in [4.69, 9.17) is 0 Å². The summed E-state index contributed by atoms with van der Waals surface area (Å²) in [6, 6.07) is 4.36. The molecule has 20 heavy (non-hydrogen) atoms. The molecule has 0 amide bonds. The third kappa shape index (κ3) is 3.93. The Balaban J connectivity index is 3.45. The monoisotopic (exact) mass is 300 g/mol. The molecule has 0 bridgehead atoms. The first-order chi connectivity index (χ1) is 8.93. The minimum absolute atomic E-state index is 0.0658. The summed E-state index contributed by atoms with van der Waals surface area (Å²) in [5.41, 5.74) is -0.112. The van der Waals surface area contributed by atoms with Gasteiger partial charge >= 0.3 is 5.69 Å². The second-order valence-electron chi connectivity index (χ2n) is 6.07. The zero-order valence-corrected chi connectivity index (χ0v) is 13.2. The van der Waals surface area contributed by atoms with Crippen LogP contribution in [0.1, 0.15) is 20.8 Å². The zero-order chi connectivity index (χ0) is 15.7. The Labute approximate surface area is 119 Å². The van der Waals surface area contributed by atoms with Crippen molar-refractivity contribution in [2.45, 2.75) is 25.7 Å². The average molecular weight is 300 g/mol. The Morgan fingerprint density at radius 1 is 1.30 bits per heavy atom. The van der Waals surface area contributed by atoms with E-state index in [0.29, 0.717) is 12.2 Å². The Morgan fingerprint density at radius 3 is 2.25 bits per heavy atom. The molecule has 0 saturated carbocycles. The molecule has 6 nitrogen and oxygen atoms in total. The summed E-state index contributed by atoms with van der Waals surface area (Å²) in [5.74, 6) is 0. The Kier molecular flexibility index (Phi) is 4.43. The lowest BCUT2D eigenvalue weighted by Crippen LogP contribution is -2.29. The molecule has 0 N–H and O–H groups in total. The fraction of sp³-hybridized carbons (Fsp3) is 0.538. The van der Waals surface area contributed by atoms with Crippen molar-refractivity contribution in [1.82, 2.24) is 0 Å². The van der Waals surface area contributed by atoms with E-state index in [1.54, 1.807) is 18.0 Å². The van der Waals surface area contributed by atoms with Crippen molar-refractivity contribution >= 4 is 21.2 Å². The van der Waals surface area contributed by atoms with Crippen molar-refractivity contribution in [3.63, 3.8) is 0 Å². The number of benzene rings is 1. The van der Waals surface area contributed by atoms with Gasteiger partial charge in [-0.2, -0.15) is 0 Å². The maximum Gasteiger partial charge on any atom is 0.311 e. The van der Waals surface area contributed by atoms with E-state index in [1.807, 2.05) is 20.8 Å². The Hall–Kier alpha value is -1.63. The van der Waals surface area contributed by atoms with Gasteiger partial charge in [-0.15, -0.1) is 0 Å². The molecule has 0 atom stereocenters. The lowest BCUT2D eigenvalue weighted by molar-refractivity contribution is -0.387. The SMILES string of the molecule is CN(CC(C)(C)C)c1cccc(S(C)(=O)=O)c1[N+](=O)[O-]. The average Bonchev–Trinajstić information content (AvgIpc) is 2.24. The number of hydrogen-bond acceptors (Lipinski definition) is 5. The van der Waals surface area contributed by atoms with Crippen LogP contribution in [0.4, 0.5) is 11.4 Å². The van der Waals surface area contributed by atoms with Crippen LogP contribution < -0.4 is 4.90 Å². The van der Waals surface area contributed by atoms with Gasteiger partial charge in [-0.3, -0.25) is 10.1 Å². The van der Waals surface area contributed by atoms with Gasteiger partial charge in [0.1, 0.15) is 10.6 Å².